The predicted molar refractivity (Wildman–Crippen MR) is 119 cm³/mol. The third kappa shape index (κ3) is 6.42. The molecule has 2 aliphatic rings. The molecule has 2 fully saturated rings. The smallest absolute Gasteiger partial charge is 0.220 e. The highest BCUT2D eigenvalue weighted by Gasteiger charge is 2.44. The lowest BCUT2D eigenvalue weighted by atomic mass is 9.96. The molecule has 0 bridgehead atoms. The lowest BCUT2D eigenvalue weighted by molar-refractivity contribution is -0.123. The minimum Gasteiger partial charge on any atom is -0.369 e. The van der Waals surface area contributed by atoms with Crippen LogP contribution in [0.15, 0.2) is 29.3 Å². The SMILES string of the molecule is CCNC(=NCC1(c2cccc(F)c2)CC1)NCCCCN1CCC(C(N)=O)CC1. The second kappa shape index (κ2) is 10.8. The van der Waals surface area contributed by atoms with Crippen molar-refractivity contribution in [2.45, 2.75) is 50.9 Å². The van der Waals surface area contributed by atoms with Crippen LogP contribution in [0.5, 0.6) is 0 Å². The second-order valence-electron chi connectivity index (χ2n) is 8.64. The number of carbonyl (C=O) groups is 1. The fourth-order valence-electron chi connectivity index (χ4n) is 4.19. The molecular weight excluding hydrogens is 381 g/mol. The number of rotatable bonds is 10. The Morgan fingerprint density at radius 3 is 2.67 bits per heavy atom. The summed E-state index contributed by atoms with van der Waals surface area (Å²) in [6, 6.07) is 6.94. The third-order valence-electron chi connectivity index (χ3n) is 6.36. The van der Waals surface area contributed by atoms with Gasteiger partial charge in [0.2, 0.25) is 5.91 Å². The zero-order valence-electron chi connectivity index (χ0n) is 18.1. The number of carbonyl (C=O) groups excluding carboxylic acids is 1. The summed E-state index contributed by atoms with van der Waals surface area (Å²) in [5.74, 6) is 0.567. The molecule has 30 heavy (non-hydrogen) atoms. The van der Waals surface area contributed by atoms with Crippen LogP contribution in [0.4, 0.5) is 4.39 Å². The number of hydrogen-bond donors (Lipinski definition) is 3. The van der Waals surface area contributed by atoms with Gasteiger partial charge in [-0.2, -0.15) is 0 Å². The standard InChI is InChI=1S/C23H36FN5O/c1-2-26-22(28-17-23(10-11-23)19-6-5-7-20(24)16-19)27-12-3-4-13-29-14-8-18(9-15-29)21(25)30/h5-7,16,18H,2-4,8-15,17H2,1H3,(H2,25,30)(H2,26,27,28). The maximum absolute atomic E-state index is 13.6. The molecule has 4 N–H and O–H groups in total. The van der Waals surface area contributed by atoms with Gasteiger partial charge < -0.3 is 21.3 Å². The molecule has 0 aromatic heterocycles. The van der Waals surface area contributed by atoms with Gasteiger partial charge in [0.05, 0.1) is 6.54 Å². The number of guanidine groups is 1. The molecule has 1 saturated carbocycles. The molecule has 1 heterocycles. The van der Waals surface area contributed by atoms with Gasteiger partial charge in [-0.05, 0) is 82.8 Å². The number of likely N-dealkylation sites (tertiary alicyclic amines) is 1. The topological polar surface area (TPSA) is 82.8 Å². The Labute approximate surface area is 179 Å². The van der Waals surface area contributed by atoms with E-state index in [2.05, 4.69) is 22.5 Å². The van der Waals surface area contributed by atoms with E-state index in [1.807, 2.05) is 6.07 Å². The van der Waals surface area contributed by atoms with E-state index in [0.29, 0.717) is 6.54 Å². The van der Waals surface area contributed by atoms with Crippen LogP contribution in [0.3, 0.4) is 0 Å². The molecule has 0 radical (unpaired) electrons. The molecule has 0 spiro atoms. The van der Waals surface area contributed by atoms with Gasteiger partial charge in [-0.15, -0.1) is 0 Å². The minimum absolute atomic E-state index is 0.00147. The van der Waals surface area contributed by atoms with Gasteiger partial charge >= 0.3 is 0 Å². The molecular formula is C23H36FN5O. The molecule has 166 valence electrons. The predicted octanol–water partition coefficient (Wildman–Crippen LogP) is 2.39. The van der Waals surface area contributed by atoms with Crippen LogP contribution in [0, 0.1) is 11.7 Å². The first-order valence-electron chi connectivity index (χ1n) is 11.3. The van der Waals surface area contributed by atoms with E-state index in [4.69, 9.17) is 10.7 Å². The fraction of sp³-hybridized carbons (Fsp3) is 0.652. The van der Waals surface area contributed by atoms with Gasteiger partial charge in [0.1, 0.15) is 5.82 Å². The van der Waals surface area contributed by atoms with Gasteiger partial charge in [0.25, 0.3) is 0 Å². The lowest BCUT2D eigenvalue weighted by Gasteiger charge is -2.30. The summed E-state index contributed by atoms with van der Waals surface area (Å²) >= 11 is 0. The number of aliphatic imine (C=N–C) groups is 1. The van der Waals surface area contributed by atoms with Crippen LogP contribution in [0.25, 0.3) is 0 Å². The highest BCUT2D eigenvalue weighted by atomic mass is 19.1. The van der Waals surface area contributed by atoms with E-state index in [1.54, 1.807) is 12.1 Å². The number of amides is 1. The average molecular weight is 418 g/mol. The average Bonchev–Trinajstić information content (AvgIpc) is 3.53. The van der Waals surface area contributed by atoms with Crippen molar-refractivity contribution in [1.82, 2.24) is 15.5 Å². The molecule has 1 aliphatic carbocycles. The van der Waals surface area contributed by atoms with E-state index in [9.17, 15) is 9.18 Å². The molecule has 6 nitrogen and oxygen atoms in total. The van der Waals surface area contributed by atoms with E-state index in [-0.39, 0.29) is 23.1 Å². The van der Waals surface area contributed by atoms with Crippen molar-refractivity contribution in [3.05, 3.63) is 35.6 Å². The first-order valence-corrected chi connectivity index (χ1v) is 11.3. The number of hydrogen-bond acceptors (Lipinski definition) is 3. The number of primary amides is 1. The van der Waals surface area contributed by atoms with Crippen molar-refractivity contribution in [2.24, 2.45) is 16.6 Å². The van der Waals surface area contributed by atoms with Crippen LogP contribution in [0.2, 0.25) is 0 Å². The minimum atomic E-state index is -0.174. The van der Waals surface area contributed by atoms with Gasteiger partial charge in [0, 0.05) is 24.4 Å². The summed E-state index contributed by atoms with van der Waals surface area (Å²) in [7, 11) is 0. The molecule has 1 saturated heterocycles. The van der Waals surface area contributed by atoms with Crippen molar-refractivity contribution < 1.29 is 9.18 Å². The van der Waals surface area contributed by atoms with E-state index in [0.717, 1.165) is 82.8 Å². The molecule has 0 atom stereocenters. The van der Waals surface area contributed by atoms with Crippen molar-refractivity contribution >= 4 is 11.9 Å². The van der Waals surface area contributed by atoms with Gasteiger partial charge in [-0.1, -0.05) is 12.1 Å². The van der Waals surface area contributed by atoms with Gasteiger partial charge in [-0.3, -0.25) is 9.79 Å². The highest BCUT2D eigenvalue weighted by molar-refractivity contribution is 5.79. The normalized spacial score (nSPS) is 19.5. The Morgan fingerprint density at radius 2 is 2.03 bits per heavy atom. The summed E-state index contributed by atoms with van der Waals surface area (Å²) in [4.78, 5) is 18.5. The largest absolute Gasteiger partial charge is 0.369 e. The van der Waals surface area contributed by atoms with Crippen LogP contribution in [0.1, 0.15) is 51.0 Å². The molecule has 1 amide bonds. The zero-order chi connectivity index (χ0) is 21.4. The first kappa shape index (κ1) is 22.5. The molecule has 1 aromatic rings. The van der Waals surface area contributed by atoms with Crippen molar-refractivity contribution in [2.75, 3.05) is 39.3 Å². The Morgan fingerprint density at radius 1 is 1.27 bits per heavy atom. The quantitative estimate of drug-likeness (QED) is 0.310. The van der Waals surface area contributed by atoms with E-state index < -0.39 is 0 Å². The Hall–Kier alpha value is -2.15. The van der Waals surface area contributed by atoms with Crippen molar-refractivity contribution in [3.63, 3.8) is 0 Å². The maximum atomic E-state index is 13.6. The van der Waals surface area contributed by atoms with Gasteiger partial charge in [-0.25, -0.2) is 4.39 Å². The number of halogens is 1. The molecule has 0 unspecified atom stereocenters. The first-order chi connectivity index (χ1) is 14.5. The number of nitrogens with one attached hydrogen (secondary N) is 2. The number of piperidine rings is 1. The Balaban J connectivity index is 1.38. The third-order valence-corrected chi connectivity index (χ3v) is 6.36. The molecule has 1 aromatic carbocycles. The number of benzene rings is 1. The highest BCUT2D eigenvalue weighted by Crippen LogP contribution is 2.48. The van der Waals surface area contributed by atoms with Crippen LogP contribution in [-0.2, 0) is 10.2 Å². The molecule has 1 aliphatic heterocycles. The molecule has 7 heteroatoms. The van der Waals surface area contributed by atoms with Gasteiger partial charge in [0.15, 0.2) is 5.96 Å². The number of unbranched alkanes of at least 4 members (excludes halogenated alkanes) is 1. The van der Waals surface area contributed by atoms with E-state index in [1.165, 1.54) is 6.07 Å². The van der Waals surface area contributed by atoms with Crippen LogP contribution < -0.4 is 16.4 Å². The Bertz CT molecular complexity index is 726. The fourth-order valence-corrected chi connectivity index (χ4v) is 4.19. The number of nitrogens with zero attached hydrogens (tertiary/aromatic N) is 2. The lowest BCUT2D eigenvalue weighted by Crippen LogP contribution is -2.40. The van der Waals surface area contributed by atoms with E-state index >= 15 is 0 Å². The molecule has 3 rings (SSSR count). The Kier molecular flexibility index (Phi) is 8.08. The summed E-state index contributed by atoms with van der Waals surface area (Å²) in [6.07, 6.45) is 6.07. The summed E-state index contributed by atoms with van der Waals surface area (Å²) in [5.41, 5.74) is 6.46. The number of nitrogens with two attached hydrogens (primary N) is 1. The monoisotopic (exact) mass is 417 g/mol. The zero-order valence-corrected chi connectivity index (χ0v) is 18.1. The summed E-state index contributed by atoms with van der Waals surface area (Å²) < 4.78 is 13.6. The summed E-state index contributed by atoms with van der Waals surface area (Å²) in [5, 5.41) is 6.74. The van der Waals surface area contributed by atoms with Crippen LogP contribution in [-0.4, -0.2) is 56.0 Å². The second-order valence-corrected chi connectivity index (χ2v) is 8.64. The maximum Gasteiger partial charge on any atom is 0.220 e. The van der Waals surface area contributed by atoms with Crippen molar-refractivity contribution in [1.29, 1.82) is 0 Å². The van der Waals surface area contributed by atoms with Crippen molar-refractivity contribution in [3.8, 4) is 0 Å². The van der Waals surface area contributed by atoms with Crippen LogP contribution >= 0.6 is 0 Å². The summed E-state index contributed by atoms with van der Waals surface area (Å²) in [6.45, 7) is 7.42.